The third-order valence-electron chi connectivity index (χ3n) is 12.8. The Morgan fingerprint density at radius 3 is 2.25 bits per heavy atom. The van der Waals surface area contributed by atoms with E-state index in [0.717, 1.165) is 75.3 Å². The SMILES string of the molecule is C[C@H](N(Cc1ccc(F)cc1)C(=O)CN1C(=O)O[C@@]2(CCc3cc(NC(=O)CCCCCCCCCCCNc4cccc5c4C(=O)N(C4CCC(=O)NC4=O)C5=O)ccc32)C1=O)C(F)(F)F. The molecule has 4 aliphatic rings. The average Bonchev–Trinajstić information content (AvgIpc) is 3.86. The number of nitrogens with one attached hydrogen (secondary N) is 3. The number of anilines is 2. The Hall–Kier alpha value is -6.66. The van der Waals surface area contributed by atoms with Crippen LogP contribution < -0.4 is 16.0 Å². The number of carbonyl (C=O) groups is 8. The molecule has 1 spiro atoms. The Morgan fingerprint density at radius 1 is 0.881 bits per heavy atom. The second-order valence-electron chi connectivity index (χ2n) is 17.4. The molecule has 3 heterocycles. The van der Waals surface area contributed by atoms with Gasteiger partial charge in [0.1, 0.15) is 24.4 Å². The highest BCUT2D eigenvalue weighted by Gasteiger charge is 2.59. The van der Waals surface area contributed by atoms with E-state index < -0.39 is 84.3 Å². The van der Waals surface area contributed by atoms with E-state index >= 15 is 0 Å². The number of amides is 8. The summed E-state index contributed by atoms with van der Waals surface area (Å²) in [6.45, 7) is -0.151. The molecular weight excluding hydrogens is 881 g/mol. The van der Waals surface area contributed by atoms with Crippen molar-refractivity contribution in [3.8, 4) is 0 Å². The maximum absolute atomic E-state index is 13.8. The van der Waals surface area contributed by atoms with Gasteiger partial charge in [-0.1, -0.05) is 69.2 Å². The van der Waals surface area contributed by atoms with Crippen LogP contribution in [0.5, 0.6) is 0 Å². The van der Waals surface area contributed by atoms with Crippen molar-refractivity contribution < 1.29 is 60.7 Å². The number of nitrogens with zero attached hydrogens (tertiary/aromatic N) is 3. The van der Waals surface area contributed by atoms with Crippen LogP contribution in [0.1, 0.15) is 128 Å². The zero-order valence-corrected chi connectivity index (χ0v) is 37.0. The van der Waals surface area contributed by atoms with Crippen LogP contribution >= 0.6 is 0 Å². The molecule has 0 aromatic heterocycles. The summed E-state index contributed by atoms with van der Waals surface area (Å²) < 4.78 is 60.5. The molecule has 2 fully saturated rings. The third kappa shape index (κ3) is 10.7. The van der Waals surface area contributed by atoms with Gasteiger partial charge in [-0.3, -0.25) is 43.8 Å². The van der Waals surface area contributed by atoms with Crippen molar-refractivity contribution in [1.29, 1.82) is 0 Å². The highest BCUT2D eigenvalue weighted by molar-refractivity contribution is 6.25. The van der Waals surface area contributed by atoms with Crippen LogP contribution in [0, 0.1) is 5.82 Å². The maximum Gasteiger partial charge on any atom is 0.418 e. The quantitative estimate of drug-likeness (QED) is 0.0590. The van der Waals surface area contributed by atoms with Gasteiger partial charge in [0, 0.05) is 49.3 Å². The van der Waals surface area contributed by atoms with Crippen molar-refractivity contribution >= 4 is 58.8 Å². The van der Waals surface area contributed by atoms with E-state index in [2.05, 4.69) is 16.0 Å². The molecule has 0 radical (unpaired) electrons. The van der Waals surface area contributed by atoms with E-state index in [9.17, 15) is 55.9 Å². The number of unbranched alkanes of at least 4 members (excludes halogenated alkanes) is 8. The van der Waals surface area contributed by atoms with E-state index in [-0.39, 0.29) is 41.9 Å². The van der Waals surface area contributed by atoms with E-state index in [1.54, 1.807) is 36.4 Å². The van der Waals surface area contributed by atoms with Crippen molar-refractivity contribution in [2.24, 2.45) is 0 Å². The van der Waals surface area contributed by atoms with E-state index in [1.807, 2.05) is 0 Å². The summed E-state index contributed by atoms with van der Waals surface area (Å²) >= 11 is 0. The van der Waals surface area contributed by atoms with Crippen LogP contribution in [0.15, 0.2) is 60.7 Å². The van der Waals surface area contributed by atoms with Crippen molar-refractivity contribution in [1.82, 2.24) is 20.0 Å². The van der Waals surface area contributed by atoms with Crippen LogP contribution in [0.2, 0.25) is 0 Å². The molecule has 3 aromatic rings. The smallest absolute Gasteiger partial charge is 0.418 e. The first kappa shape index (κ1) is 48.3. The number of alkyl halides is 3. The lowest BCUT2D eigenvalue weighted by Crippen LogP contribution is -2.54. The molecule has 1 aliphatic carbocycles. The molecule has 15 nitrogen and oxygen atoms in total. The summed E-state index contributed by atoms with van der Waals surface area (Å²) in [4.78, 5) is 105. The lowest BCUT2D eigenvalue weighted by Gasteiger charge is -2.31. The predicted octanol–water partition coefficient (Wildman–Crippen LogP) is 7.28. The van der Waals surface area contributed by atoms with Crippen LogP contribution in [0.4, 0.5) is 33.7 Å². The number of rotatable bonds is 20. The number of carbonyl (C=O) groups excluding carboxylic acids is 8. The lowest BCUT2D eigenvalue weighted by atomic mass is 9.94. The van der Waals surface area contributed by atoms with Gasteiger partial charge in [0.05, 0.1) is 11.1 Å². The minimum absolute atomic E-state index is 0.0451. The molecule has 0 saturated carbocycles. The molecule has 3 N–H and O–H groups in total. The maximum atomic E-state index is 13.8. The third-order valence-corrected chi connectivity index (χ3v) is 12.8. The predicted molar refractivity (Wildman–Crippen MR) is 234 cm³/mol. The Balaban J connectivity index is 0.786. The van der Waals surface area contributed by atoms with Crippen molar-refractivity contribution in [2.45, 2.75) is 127 Å². The highest BCUT2D eigenvalue weighted by atomic mass is 19.4. The Kier molecular flexibility index (Phi) is 14.7. The molecule has 0 bridgehead atoms. The standard InChI is InChI=1S/C48H52F4N6O9/c1-29(48(50,51)52)56(27-30-15-17-32(49)18-16-30)40(61)28-57-45(65)47(67-46(57)66)24-23-31-26-33(19-20-35(31)47)54-38(59)14-9-7-5-3-2-4-6-8-10-25-53-36-13-11-12-34-41(36)44(64)58(43(34)63)37-21-22-39(60)55-42(37)62/h11-13,15-20,26,29,37,53H,2-10,14,21-25,27-28H2,1H3,(H,54,59)(H,55,60,62)/t29-,37?,47+/m0/s1. The average molecular weight is 933 g/mol. The summed E-state index contributed by atoms with van der Waals surface area (Å²) in [5, 5.41) is 8.35. The van der Waals surface area contributed by atoms with Gasteiger partial charge in [0.25, 0.3) is 17.7 Å². The van der Waals surface area contributed by atoms with Gasteiger partial charge in [-0.25, -0.2) is 14.1 Å². The van der Waals surface area contributed by atoms with E-state index in [1.165, 1.54) is 12.1 Å². The molecule has 8 amide bonds. The van der Waals surface area contributed by atoms with Gasteiger partial charge in [0.15, 0.2) is 0 Å². The van der Waals surface area contributed by atoms with Gasteiger partial charge in [-0.2, -0.15) is 13.2 Å². The monoisotopic (exact) mass is 932 g/mol. The Labute approximate surface area is 383 Å². The van der Waals surface area contributed by atoms with Crippen molar-refractivity contribution in [2.75, 3.05) is 23.7 Å². The lowest BCUT2D eigenvalue weighted by molar-refractivity contribution is -0.187. The van der Waals surface area contributed by atoms with Crippen LogP contribution in [-0.2, 0) is 47.3 Å². The van der Waals surface area contributed by atoms with Crippen molar-refractivity contribution in [3.63, 3.8) is 0 Å². The topological polar surface area (TPSA) is 192 Å². The fourth-order valence-electron chi connectivity index (χ4n) is 9.12. The number of ether oxygens (including phenoxy) is 1. The first-order valence-corrected chi connectivity index (χ1v) is 22.7. The first-order chi connectivity index (χ1) is 32.0. The summed E-state index contributed by atoms with van der Waals surface area (Å²) in [7, 11) is 0. The molecule has 356 valence electrons. The first-order valence-electron chi connectivity index (χ1n) is 22.7. The highest BCUT2D eigenvalue weighted by Crippen LogP contribution is 2.46. The molecule has 2 saturated heterocycles. The molecule has 19 heteroatoms. The number of fused-ring (bicyclic) bond motifs is 3. The Morgan fingerprint density at radius 2 is 1.57 bits per heavy atom. The summed E-state index contributed by atoms with van der Waals surface area (Å²) in [5.74, 6) is -4.98. The largest absolute Gasteiger partial charge is 0.427 e. The van der Waals surface area contributed by atoms with Gasteiger partial charge in [-0.05, 0) is 80.1 Å². The van der Waals surface area contributed by atoms with Gasteiger partial charge in [-0.15, -0.1) is 0 Å². The normalized spacial score (nSPS) is 19.4. The number of imide groups is 3. The number of hydrogen-bond donors (Lipinski definition) is 3. The molecule has 1 unspecified atom stereocenters. The number of hydrogen-bond acceptors (Lipinski definition) is 10. The number of halogens is 4. The molecule has 7 rings (SSSR count). The molecule has 3 aromatic carbocycles. The second kappa shape index (κ2) is 20.5. The van der Waals surface area contributed by atoms with Crippen molar-refractivity contribution in [3.05, 3.63) is 94.3 Å². The minimum atomic E-state index is -4.83. The van der Waals surface area contributed by atoms with Gasteiger partial charge < -0.3 is 20.3 Å². The van der Waals surface area contributed by atoms with Crippen LogP contribution in [0.3, 0.4) is 0 Å². The molecule has 3 atom stereocenters. The molecule has 67 heavy (non-hydrogen) atoms. The summed E-state index contributed by atoms with van der Waals surface area (Å²) in [5.41, 5.74) is 0.974. The summed E-state index contributed by atoms with van der Waals surface area (Å²) in [6.07, 6.45) is 3.32. The molecule has 3 aliphatic heterocycles. The minimum Gasteiger partial charge on any atom is -0.427 e. The van der Waals surface area contributed by atoms with E-state index in [0.29, 0.717) is 58.1 Å². The number of piperidine rings is 1. The van der Waals surface area contributed by atoms with Crippen LogP contribution in [-0.4, -0.2) is 93.5 Å². The molecular formula is C48H52F4N6O9. The van der Waals surface area contributed by atoms with E-state index in [4.69, 9.17) is 4.74 Å². The number of aryl methyl sites for hydroxylation is 1. The fourth-order valence-corrected chi connectivity index (χ4v) is 9.12. The summed E-state index contributed by atoms with van der Waals surface area (Å²) in [6, 6.07) is 11.1. The number of benzene rings is 3. The zero-order chi connectivity index (χ0) is 48.0. The van der Waals surface area contributed by atoms with Gasteiger partial charge >= 0.3 is 12.3 Å². The van der Waals surface area contributed by atoms with Gasteiger partial charge in [0.2, 0.25) is 29.2 Å². The fraction of sp³-hybridized carbons (Fsp3) is 0.458. The second-order valence-corrected chi connectivity index (χ2v) is 17.4. The van der Waals surface area contributed by atoms with Crippen LogP contribution in [0.25, 0.3) is 0 Å². The zero-order valence-electron chi connectivity index (χ0n) is 37.0. The Bertz CT molecular complexity index is 2450.